The van der Waals surface area contributed by atoms with Crippen molar-refractivity contribution in [2.45, 2.75) is 24.3 Å². The summed E-state index contributed by atoms with van der Waals surface area (Å²) in [5.74, 6) is -0.187. The van der Waals surface area contributed by atoms with Crippen molar-refractivity contribution in [3.8, 4) is 16.9 Å². The third-order valence-electron chi connectivity index (χ3n) is 6.13. The summed E-state index contributed by atoms with van der Waals surface area (Å²) in [5, 5.41) is 22.1. The zero-order valence-corrected chi connectivity index (χ0v) is 20.6. The lowest BCUT2D eigenvalue weighted by Gasteiger charge is -2.20. The van der Waals surface area contributed by atoms with Gasteiger partial charge in [-0.15, -0.1) is 11.8 Å². The third-order valence-corrected chi connectivity index (χ3v) is 6.87. The maximum atomic E-state index is 12.7. The van der Waals surface area contributed by atoms with Crippen LogP contribution in [0.3, 0.4) is 0 Å². The van der Waals surface area contributed by atoms with Crippen molar-refractivity contribution >= 4 is 29.1 Å². The van der Waals surface area contributed by atoms with E-state index in [-0.39, 0.29) is 17.6 Å². The third kappa shape index (κ3) is 4.52. The zero-order chi connectivity index (χ0) is 25.2. The first-order valence-electron chi connectivity index (χ1n) is 11.4. The van der Waals surface area contributed by atoms with E-state index in [0.717, 1.165) is 33.0 Å². The highest BCUT2D eigenvalue weighted by atomic mass is 32.2. The van der Waals surface area contributed by atoms with Crippen molar-refractivity contribution in [3.05, 3.63) is 106 Å². The van der Waals surface area contributed by atoms with E-state index < -0.39 is 4.92 Å². The second-order valence-corrected chi connectivity index (χ2v) is 9.26. The SMILES string of the molecule is CSc1ccc(-c2nn(-c3ccccc3)cc2C2CC(c3ccc([N+](=O)[O-])cc3)=NN2C(C)=O)cc1. The van der Waals surface area contributed by atoms with Gasteiger partial charge in [-0.05, 0) is 48.2 Å². The molecule has 0 aliphatic carbocycles. The Balaban J connectivity index is 1.57. The zero-order valence-electron chi connectivity index (χ0n) is 19.7. The lowest BCUT2D eigenvalue weighted by molar-refractivity contribution is -0.384. The minimum Gasteiger partial charge on any atom is -0.273 e. The second kappa shape index (κ2) is 9.79. The molecule has 5 rings (SSSR count). The molecule has 9 heteroatoms. The number of thioether (sulfide) groups is 1. The molecule has 0 bridgehead atoms. The number of rotatable bonds is 6. The maximum absolute atomic E-state index is 12.7. The molecule has 1 aromatic heterocycles. The number of hydrazone groups is 1. The van der Waals surface area contributed by atoms with Gasteiger partial charge in [0.1, 0.15) is 0 Å². The van der Waals surface area contributed by atoms with Crippen molar-refractivity contribution in [2.24, 2.45) is 5.10 Å². The van der Waals surface area contributed by atoms with Gasteiger partial charge in [0.15, 0.2) is 0 Å². The van der Waals surface area contributed by atoms with E-state index in [1.54, 1.807) is 23.9 Å². The predicted molar refractivity (Wildman–Crippen MR) is 140 cm³/mol. The first-order chi connectivity index (χ1) is 17.4. The summed E-state index contributed by atoms with van der Waals surface area (Å²) in [4.78, 5) is 24.4. The number of hydrogen-bond donors (Lipinski definition) is 0. The van der Waals surface area contributed by atoms with Crippen LogP contribution in [0.4, 0.5) is 5.69 Å². The standard InChI is InChI=1S/C27H23N5O3S/c1-18(33)31-26(16-25(28-31)19-8-12-22(13-9-19)32(34)35)24-17-30(21-6-4-3-5-7-21)29-27(24)20-10-14-23(36-2)15-11-20/h3-15,17,26H,16H2,1-2H3. The van der Waals surface area contributed by atoms with E-state index in [1.165, 1.54) is 24.1 Å². The van der Waals surface area contributed by atoms with E-state index in [4.69, 9.17) is 5.10 Å². The van der Waals surface area contributed by atoms with Crippen molar-refractivity contribution < 1.29 is 9.72 Å². The van der Waals surface area contributed by atoms with Crippen LogP contribution in [0.15, 0.2) is 95.1 Å². The Morgan fingerprint density at radius 1 is 1.00 bits per heavy atom. The van der Waals surface area contributed by atoms with Crippen LogP contribution in [0.2, 0.25) is 0 Å². The van der Waals surface area contributed by atoms with Crippen LogP contribution >= 0.6 is 11.8 Å². The maximum Gasteiger partial charge on any atom is 0.269 e. The number of carbonyl (C=O) groups excluding carboxylic acids is 1. The number of nitro benzene ring substituents is 1. The van der Waals surface area contributed by atoms with Crippen molar-refractivity contribution in [1.29, 1.82) is 0 Å². The molecule has 8 nitrogen and oxygen atoms in total. The quantitative estimate of drug-likeness (QED) is 0.189. The molecule has 0 radical (unpaired) electrons. The summed E-state index contributed by atoms with van der Waals surface area (Å²) in [5.41, 5.74) is 4.98. The van der Waals surface area contributed by atoms with Crippen LogP contribution in [-0.4, -0.2) is 37.6 Å². The minimum absolute atomic E-state index is 0.0115. The van der Waals surface area contributed by atoms with Gasteiger partial charge in [-0.2, -0.15) is 10.2 Å². The minimum atomic E-state index is -0.433. The number of hydrogen-bond acceptors (Lipinski definition) is 6. The summed E-state index contributed by atoms with van der Waals surface area (Å²) < 4.78 is 1.83. The molecule has 180 valence electrons. The van der Waals surface area contributed by atoms with Gasteiger partial charge in [0.25, 0.3) is 5.69 Å². The topological polar surface area (TPSA) is 93.6 Å². The molecule has 0 fully saturated rings. The normalized spacial score (nSPS) is 15.1. The molecule has 1 aliphatic rings. The van der Waals surface area contributed by atoms with E-state index in [9.17, 15) is 14.9 Å². The van der Waals surface area contributed by atoms with Gasteiger partial charge >= 0.3 is 0 Å². The second-order valence-electron chi connectivity index (χ2n) is 8.38. The summed E-state index contributed by atoms with van der Waals surface area (Å²) >= 11 is 1.67. The Morgan fingerprint density at radius 3 is 2.28 bits per heavy atom. The summed E-state index contributed by atoms with van der Waals surface area (Å²) in [7, 11) is 0. The fraction of sp³-hybridized carbons (Fsp3) is 0.148. The van der Waals surface area contributed by atoms with Crippen LogP contribution < -0.4 is 0 Å². The van der Waals surface area contributed by atoms with Crippen LogP contribution in [0.1, 0.15) is 30.5 Å². The lowest BCUT2D eigenvalue weighted by atomic mass is 9.96. The van der Waals surface area contributed by atoms with Crippen LogP contribution in [-0.2, 0) is 4.79 Å². The number of nitro groups is 1. The Labute approximate surface area is 212 Å². The highest BCUT2D eigenvalue weighted by Crippen LogP contribution is 2.38. The van der Waals surface area contributed by atoms with Gasteiger partial charge in [0.2, 0.25) is 5.91 Å². The van der Waals surface area contributed by atoms with Gasteiger partial charge in [0.05, 0.1) is 28.1 Å². The van der Waals surface area contributed by atoms with Crippen molar-refractivity contribution in [1.82, 2.24) is 14.8 Å². The lowest BCUT2D eigenvalue weighted by Crippen LogP contribution is -2.24. The molecule has 4 aromatic rings. The highest BCUT2D eigenvalue weighted by molar-refractivity contribution is 7.98. The van der Waals surface area contributed by atoms with Crippen LogP contribution in [0, 0.1) is 10.1 Å². The summed E-state index contributed by atoms with van der Waals surface area (Å²) in [6.45, 7) is 1.49. The van der Waals surface area contributed by atoms with Crippen molar-refractivity contribution in [2.75, 3.05) is 6.26 Å². The molecule has 36 heavy (non-hydrogen) atoms. The molecule has 0 spiro atoms. The van der Waals surface area contributed by atoms with E-state index in [1.807, 2.05) is 59.6 Å². The average molecular weight is 498 g/mol. The number of non-ortho nitro benzene ring substituents is 1. The summed E-state index contributed by atoms with van der Waals surface area (Å²) in [6, 6.07) is 23.9. The number of nitrogens with zero attached hydrogens (tertiary/aromatic N) is 5. The number of carbonyl (C=O) groups is 1. The average Bonchev–Trinajstić information content (AvgIpc) is 3.55. The van der Waals surface area contributed by atoms with E-state index >= 15 is 0 Å². The molecule has 1 aliphatic heterocycles. The van der Waals surface area contributed by atoms with E-state index in [2.05, 4.69) is 17.2 Å². The molecule has 0 N–H and O–H groups in total. The van der Waals surface area contributed by atoms with Gasteiger partial charge in [-0.25, -0.2) is 9.69 Å². The van der Waals surface area contributed by atoms with Gasteiger partial charge in [-0.1, -0.05) is 30.3 Å². The predicted octanol–water partition coefficient (Wildman–Crippen LogP) is 5.87. The van der Waals surface area contributed by atoms with Gasteiger partial charge in [-0.3, -0.25) is 14.9 Å². The first kappa shape index (κ1) is 23.5. The Kier molecular flexibility index (Phi) is 6.39. The molecule has 0 saturated heterocycles. The molecule has 1 atom stereocenters. The monoisotopic (exact) mass is 497 g/mol. The van der Waals surface area contributed by atoms with Gasteiger partial charge in [0, 0.05) is 47.7 Å². The molecule has 2 heterocycles. The Morgan fingerprint density at radius 2 is 1.67 bits per heavy atom. The summed E-state index contributed by atoms with van der Waals surface area (Å²) in [6.07, 6.45) is 4.46. The molecule has 0 saturated carbocycles. The molecular weight excluding hydrogens is 474 g/mol. The number of benzene rings is 3. The van der Waals surface area contributed by atoms with Gasteiger partial charge < -0.3 is 0 Å². The molecule has 1 unspecified atom stereocenters. The largest absolute Gasteiger partial charge is 0.273 e. The van der Waals surface area contributed by atoms with E-state index in [0.29, 0.717) is 12.1 Å². The molecule has 1 amide bonds. The van der Waals surface area contributed by atoms with Crippen LogP contribution in [0.25, 0.3) is 16.9 Å². The first-order valence-corrected chi connectivity index (χ1v) is 12.6. The smallest absolute Gasteiger partial charge is 0.269 e. The van der Waals surface area contributed by atoms with Crippen LogP contribution in [0.5, 0.6) is 0 Å². The number of amides is 1. The Bertz CT molecular complexity index is 1450. The molecular formula is C27H23N5O3S. The fourth-order valence-electron chi connectivity index (χ4n) is 4.31. The van der Waals surface area contributed by atoms with Crippen molar-refractivity contribution in [3.63, 3.8) is 0 Å². The number of para-hydroxylation sites is 1. The molecule has 3 aromatic carbocycles. The fourth-order valence-corrected chi connectivity index (χ4v) is 4.72. The highest BCUT2D eigenvalue weighted by Gasteiger charge is 2.35. The number of aromatic nitrogens is 2. The Hall–Kier alpha value is -4.24.